The van der Waals surface area contributed by atoms with E-state index in [0.29, 0.717) is 0 Å². The van der Waals surface area contributed by atoms with Crippen LogP contribution in [0.15, 0.2) is 41.5 Å². The molecule has 0 radical (unpaired) electrons. The molecule has 68 valence electrons. The maximum atomic E-state index is 5.31. The Morgan fingerprint density at radius 2 is 1.92 bits per heavy atom. The number of hydrogen-bond donors (Lipinski definition) is 1. The average molecular weight is 174 g/mol. The molecule has 13 heavy (non-hydrogen) atoms. The Labute approximate surface area is 78.8 Å². The minimum atomic E-state index is 0.905. The van der Waals surface area contributed by atoms with Crippen molar-refractivity contribution in [2.24, 2.45) is 10.7 Å². The van der Waals surface area contributed by atoms with Gasteiger partial charge in [-0.2, -0.15) is 0 Å². The lowest BCUT2D eigenvalue weighted by Crippen LogP contribution is -1.97. The number of aliphatic imine (C=N–C) groups is 1. The van der Waals surface area contributed by atoms with Crippen LogP contribution < -0.4 is 5.73 Å². The van der Waals surface area contributed by atoms with Crippen LogP contribution in [0.1, 0.15) is 11.1 Å². The fourth-order valence-corrected chi connectivity index (χ4v) is 1.12. The van der Waals surface area contributed by atoms with Crippen molar-refractivity contribution >= 4 is 5.71 Å². The number of nitrogens with zero attached hydrogens (tertiary/aromatic N) is 1. The van der Waals surface area contributed by atoms with E-state index in [0.717, 1.165) is 11.3 Å². The van der Waals surface area contributed by atoms with Gasteiger partial charge in [0.2, 0.25) is 0 Å². The van der Waals surface area contributed by atoms with E-state index in [1.807, 2.05) is 12.1 Å². The van der Waals surface area contributed by atoms with Gasteiger partial charge in [-0.1, -0.05) is 29.8 Å². The topological polar surface area (TPSA) is 38.4 Å². The third-order valence-electron chi connectivity index (χ3n) is 1.84. The summed E-state index contributed by atoms with van der Waals surface area (Å²) in [6, 6.07) is 8.20. The van der Waals surface area contributed by atoms with E-state index in [1.165, 1.54) is 11.8 Å². The molecule has 2 nitrogen and oxygen atoms in total. The molecular formula is C11H14N2. The van der Waals surface area contributed by atoms with Crippen LogP contribution in [-0.2, 0) is 0 Å². The summed E-state index contributed by atoms with van der Waals surface area (Å²) >= 11 is 0. The molecule has 0 saturated carbocycles. The fourth-order valence-electron chi connectivity index (χ4n) is 1.12. The highest BCUT2D eigenvalue weighted by molar-refractivity contribution is 6.08. The average Bonchev–Trinajstić information content (AvgIpc) is 2.16. The van der Waals surface area contributed by atoms with Crippen LogP contribution >= 0.6 is 0 Å². The number of rotatable bonds is 2. The summed E-state index contributed by atoms with van der Waals surface area (Å²) in [5.41, 5.74) is 8.55. The predicted molar refractivity (Wildman–Crippen MR) is 57.0 cm³/mol. The van der Waals surface area contributed by atoms with Crippen molar-refractivity contribution in [3.8, 4) is 0 Å². The van der Waals surface area contributed by atoms with E-state index in [9.17, 15) is 0 Å². The summed E-state index contributed by atoms with van der Waals surface area (Å²) in [5.74, 6) is 0. The number of benzene rings is 1. The third kappa shape index (κ3) is 2.44. The molecule has 0 fully saturated rings. The first-order valence-corrected chi connectivity index (χ1v) is 4.20. The van der Waals surface area contributed by atoms with Crippen LogP contribution in [0.2, 0.25) is 0 Å². The molecule has 1 aromatic rings. The molecule has 0 heterocycles. The lowest BCUT2D eigenvalue weighted by Gasteiger charge is -2.00. The highest BCUT2D eigenvalue weighted by atomic mass is 14.7. The largest absolute Gasteiger partial charge is 0.405 e. The Morgan fingerprint density at radius 1 is 1.31 bits per heavy atom. The van der Waals surface area contributed by atoms with Gasteiger partial charge in [-0.15, -0.1) is 0 Å². The fraction of sp³-hybridized carbons (Fsp3) is 0.182. The quantitative estimate of drug-likeness (QED) is 0.683. The molecule has 2 N–H and O–H groups in total. The summed E-state index contributed by atoms with van der Waals surface area (Å²) in [4.78, 5) is 4.13. The van der Waals surface area contributed by atoms with Gasteiger partial charge in [-0.3, -0.25) is 4.99 Å². The van der Waals surface area contributed by atoms with Gasteiger partial charge in [-0.05, 0) is 24.8 Å². The number of aryl methyl sites for hydroxylation is 1. The van der Waals surface area contributed by atoms with E-state index in [2.05, 4.69) is 24.0 Å². The first-order valence-electron chi connectivity index (χ1n) is 4.20. The molecule has 0 aromatic heterocycles. The zero-order valence-electron chi connectivity index (χ0n) is 7.99. The Bertz CT molecular complexity index is 320. The Balaban J connectivity index is 3.00. The molecule has 0 aliphatic heterocycles. The second-order valence-electron chi connectivity index (χ2n) is 2.83. The van der Waals surface area contributed by atoms with E-state index in [-0.39, 0.29) is 0 Å². The van der Waals surface area contributed by atoms with Crippen LogP contribution in [0.25, 0.3) is 0 Å². The Morgan fingerprint density at radius 3 is 2.38 bits per heavy atom. The van der Waals surface area contributed by atoms with Crippen molar-refractivity contribution < 1.29 is 0 Å². The number of allylic oxidation sites excluding steroid dienone is 1. The van der Waals surface area contributed by atoms with Crippen LogP contribution in [0.3, 0.4) is 0 Å². The molecule has 1 rings (SSSR count). The molecule has 0 saturated heterocycles. The van der Waals surface area contributed by atoms with Gasteiger partial charge >= 0.3 is 0 Å². The van der Waals surface area contributed by atoms with Gasteiger partial charge in [0, 0.05) is 7.05 Å². The van der Waals surface area contributed by atoms with Crippen molar-refractivity contribution in [3.05, 3.63) is 47.7 Å². The molecular weight excluding hydrogens is 160 g/mol. The van der Waals surface area contributed by atoms with Crippen LogP contribution in [0, 0.1) is 6.92 Å². The SMILES string of the molecule is CN=C(C=CN)c1ccc(C)cc1. The third-order valence-corrected chi connectivity index (χ3v) is 1.84. The molecule has 0 spiro atoms. The maximum Gasteiger partial charge on any atom is 0.0657 e. The van der Waals surface area contributed by atoms with E-state index >= 15 is 0 Å². The van der Waals surface area contributed by atoms with Gasteiger partial charge < -0.3 is 5.73 Å². The lowest BCUT2D eigenvalue weighted by atomic mass is 10.1. The van der Waals surface area contributed by atoms with E-state index < -0.39 is 0 Å². The maximum absolute atomic E-state index is 5.31. The minimum Gasteiger partial charge on any atom is -0.405 e. The summed E-state index contributed by atoms with van der Waals surface area (Å²) in [5, 5.41) is 0. The first-order chi connectivity index (χ1) is 6.27. The first kappa shape index (κ1) is 9.52. The smallest absolute Gasteiger partial charge is 0.0657 e. The van der Waals surface area contributed by atoms with Gasteiger partial charge in [0.25, 0.3) is 0 Å². The van der Waals surface area contributed by atoms with Crippen molar-refractivity contribution in [1.82, 2.24) is 0 Å². The zero-order chi connectivity index (χ0) is 9.68. The number of hydrogen-bond acceptors (Lipinski definition) is 2. The normalized spacial score (nSPS) is 12.3. The van der Waals surface area contributed by atoms with Crippen LogP contribution in [-0.4, -0.2) is 12.8 Å². The summed E-state index contributed by atoms with van der Waals surface area (Å²) in [7, 11) is 1.76. The molecule has 2 heteroatoms. The Hall–Kier alpha value is -1.57. The van der Waals surface area contributed by atoms with Crippen molar-refractivity contribution in [2.75, 3.05) is 7.05 Å². The van der Waals surface area contributed by atoms with Gasteiger partial charge in [0.1, 0.15) is 0 Å². The van der Waals surface area contributed by atoms with Crippen molar-refractivity contribution in [3.63, 3.8) is 0 Å². The van der Waals surface area contributed by atoms with Gasteiger partial charge in [-0.25, -0.2) is 0 Å². The van der Waals surface area contributed by atoms with Crippen LogP contribution in [0.5, 0.6) is 0 Å². The molecule has 0 aliphatic carbocycles. The van der Waals surface area contributed by atoms with E-state index in [1.54, 1.807) is 13.1 Å². The molecule has 0 bridgehead atoms. The minimum absolute atomic E-state index is 0.905. The van der Waals surface area contributed by atoms with Gasteiger partial charge in [0.15, 0.2) is 0 Å². The summed E-state index contributed by atoms with van der Waals surface area (Å²) in [6.07, 6.45) is 3.30. The number of nitrogens with two attached hydrogens (primary N) is 1. The van der Waals surface area contributed by atoms with Crippen molar-refractivity contribution in [1.29, 1.82) is 0 Å². The standard InChI is InChI=1S/C11H14N2/c1-9-3-5-10(6-4-9)11(13-2)7-8-12/h3-8H,12H2,1-2H3. The second kappa shape index (κ2) is 4.45. The molecule has 1 aromatic carbocycles. The Kier molecular flexibility index (Phi) is 3.26. The van der Waals surface area contributed by atoms with E-state index in [4.69, 9.17) is 5.73 Å². The molecule has 0 unspecified atom stereocenters. The highest BCUT2D eigenvalue weighted by Gasteiger charge is 1.96. The van der Waals surface area contributed by atoms with Gasteiger partial charge in [0.05, 0.1) is 5.71 Å². The predicted octanol–water partition coefficient (Wildman–Crippen LogP) is 1.89. The zero-order valence-corrected chi connectivity index (χ0v) is 7.99. The monoisotopic (exact) mass is 174 g/mol. The summed E-state index contributed by atoms with van der Waals surface area (Å²) in [6.45, 7) is 2.06. The summed E-state index contributed by atoms with van der Waals surface area (Å²) < 4.78 is 0. The molecule has 0 atom stereocenters. The molecule has 0 aliphatic rings. The second-order valence-corrected chi connectivity index (χ2v) is 2.83. The molecule has 0 amide bonds. The van der Waals surface area contributed by atoms with Crippen molar-refractivity contribution in [2.45, 2.75) is 6.92 Å². The highest BCUT2D eigenvalue weighted by Crippen LogP contribution is 2.05. The lowest BCUT2D eigenvalue weighted by molar-refractivity contribution is 1.41. The van der Waals surface area contributed by atoms with Crippen LogP contribution in [0.4, 0.5) is 0 Å².